The molecule has 4 nitrogen and oxygen atoms in total. The second-order valence-electron chi connectivity index (χ2n) is 14.2. The molecular weight excluding hydrogens is 577 g/mol. The molecular formula is C40H72O4S. The number of hydrogen-bond donors (Lipinski definition) is 1. The molecule has 262 valence electrons. The largest absolute Gasteiger partial charge is 0.507 e. The van der Waals surface area contributed by atoms with E-state index in [1.165, 1.54) is 108 Å². The third kappa shape index (κ3) is 23.7. The van der Waals surface area contributed by atoms with Gasteiger partial charge in [-0.05, 0) is 54.7 Å². The highest BCUT2D eigenvalue weighted by Crippen LogP contribution is 2.34. The number of aryl methyl sites for hydroxylation is 2. The molecule has 0 bridgehead atoms. The van der Waals surface area contributed by atoms with E-state index < -0.39 is 0 Å². The SMILES string of the molecule is CCCCCCCCCCCCCCCCCCOCCSCCOC(=O)CCCCCCc1cc(C)c(O)c(C(C)(C)C)c1. The first-order valence-corrected chi connectivity index (χ1v) is 20.0. The number of carbonyl (C=O) groups is 1. The smallest absolute Gasteiger partial charge is 0.305 e. The summed E-state index contributed by atoms with van der Waals surface area (Å²) in [6.45, 7) is 12.9. The number of benzene rings is 1. The first-order chi connectivity index (χ1) is 21.8. The van der Waals surface area contributed by atoms with Crippen molar-refractivity contribution in [2.45, 2.75) is 181 Å². The summed E-state index contributed by atoms with van der Waals surface area (Å²) >= 11 is 1.80. The molecule has 45 heavy (non-hydrogen) atoms. The highest BCUT2D eigenvalue weighted by molar-refractivity contribution is 7.99. The zero-order valence-electron chi connectivity index (χ0n) is 30.3. The minimum Gasteiger partial charge on any atom is -0.507 e. The Morgan fingerprint density at radius 2 is 1.20 bits per heavy atom. The quantitative estimate of drug-likeness (QED) is 0.0664. The second kappa shape index (κ2) is 27.9. The molecule has 0 amide bonds. The fourth-order valence-electron chi connectivity index (χ4n) is 5.88. The maximum absolute atomic E-state index is 12.0. The summed E-state index contributed by atoms with van der Waals surface area (Å²) < 4.78 is 11.2. The molecule has 0 fully saturated rings. The van der Waals surface area contributed by atoms with Gasteiger partial charge in [0.1, 0.15) is 12.4 Å². The Morgan fingerprint density at radius 1 is 0.689 bits per heavy atom. The number of aromatic hydroxyl groups is 1. The molecule has 0 saturated carbocycles. The van der Waals surface area contributed by atoms with Crippen LogP contribution >= 0.6 is 11.8 Å². The predicted molar refractivity (Wildman–Crippen MR) is 197 cm³/mol. The number of phenolic OH excluding ortho intramolecular Hbond substituents is 1. The number of unbranched alkanes of at least 4 members (excludes halogenated alkanes) is 18. The van der Waals surface area contributed by atoms with Crippen molar-refractivity contribution in [1.82, 2.24) is 0 Å². The summed E-state index contributed by atoms with van der Waals surface area (Å²) in [7, 11) is 0. The lowest BCUT2D eigenvalue weighted by atomic mass is 9.83. The summed E-state index contributed by atoms with van der Waals surface area (Å²) in [4.78, 5) is 12.0. The van der Waals surface area contributed by atoms with Crippen molar-refractivity contribution in [3.63, 3.8) is 0 Å². The van der Waals surface area contributed by atoms with Crippen LogP contribution in [0.5, 0.6) is 5.75 Å². The summed E-state index contributed by atoms with van der Waals surface area (Å²) in [6.07, 6.45) is 28.0. The van der Waals surface area contributed by atoms with Crippen LogP contribution in [0.15, 0.2) is 12.1 Å². The average molecular weight is 649 g/mol. The third-order valence-corrected chi connectivity index (χ3v) is 9.68. The van der Waals surface area contributed by atoms with Crippen LogP contribution in [-0.2, 0) is 26.1 Å². The van der Waals surface area contributed by atoms with Crippen molar-refractivity contribution < 1.29 is 19.4 Å². The Balaban J connectivity index is 1.82. The van der Waals surface area contributed by atoms with Crippen molar-refractivity contribution in [3.8, 4) is 5.75 Å². The zero-order valence-corrected chi connectivity index (χ0v) is 31.1. The van der Waals surface area contributed by atoms with Gasteiger partial charge in [0.2, 0.25) is 0 Å². The van der Waals surface area contributed by atoms with Crippen LogP contribution < -0.4 is 0 Å². The fourth-order valence-corrected chi connectivity index (χ4v) is 6.52. The lowest BCUT2D eigenvalue weighted by molar-refractivity contribution is -0.143. The van der Waals surface area contributed by atoms with Crippen LogP contribution in [0.2, 0.25) is 0 Å². The molecule has 0 aromatic heterocycles. The molecule has 5 heteroatoms. The minimum atomic E-state index is -0.0701. The van der Waals surface area contributed by atoms with E-state index in [2.05, 4.69) is 39.8 Å². The van der Waals surface area contributed by atoms with Gasteiger partial charge in [0.15, 0.2) is 0 Å². The van der Waals surface area contributed by atoms with Crippen molar-refractivity contribution >= 4 is 17.7 Å². The summed E-state index contributed by atoms with van der Waals surface area (Å²) in [5, 5.41) is 10.4. The molecule has 0 saturated heterocycles. The van der Waals surface area contributed by atoms with Gasteiger partial charge in [0, 0.05) is 24.5 Å². The van der Waals surface area contributed by atoms with Crippen LogP contribution in [0.1, 0.15) is 179 Å². The summed E-state index contributed by atoms with van der Waals surface area (Å²) in [5.41, 5.74) is 3.20. The molecule has 0 heterocycles. The molecule has 0 radical (unpaired) electrons. The normalized spacial score (nSPS) is 11.8. The van der Waals surface area contributed by atoms with Gasteiger partial charge < -0.3 is 14.6 Å². The first kappa shape index (κ1) is 41.8. The second-order valence-corrected chi connectivity index (χ2v) is 15.4. The molecule has 0 atom stereocenters. The molecule has 0 unspecified atom stereocenters. The Hall–Kier alpha value is -1.20. The van der Waals surface area contributed by atoms with E-state index >= 15 is 0 Å². The lowest BCUT2D eigenvalue weighted by Gasteiger charge is -2.22. The van der Waals surface area contributed by atoms with Gasteiger partial charge in [0.25, 0.3) is 0 Å². The number of esters is 1. The van der Waals surface area contributed by atoms with Crippen molar-refractivity contribution in [1.29, 1.82) is 0 Å². The Kier molecular flexibility index (Phi) is 25.9. The average Bonchev–Trinajstić information content (AvgIpc) is 3.00. The Labute approximate surface area is 283 Å². The topological polar surface area (TPSA) is 55.8 Å². The van der Waals surface area contributed by atoms with E-state index in [1.54, 1.807) is 11.8 Å². The maximum Gasteiger partial charge on any atom is 0.305 e. The van der Waals surface area contributed by atoms with E-state index in [0.29, 0.717) is 18.8 Å². The summed E-state index contributed by atoms with van der Waals surface area (Å²) in [5.74, 6) is 2.17. The van der Waals surface area contributed by atoms with E-state index in [-0.39, 0.29) is 11.4 Å². The van der Waals surface area contributed by atoms with Crippen LogP contribution in [0, 0.1) is 6.92 Å². The van der Waals surface area contributed by atoms with Gasteiger partial charge in [-0.15, -0.1) is 0 Å². The number of rotatable bonds is 30. The van der Waals surface area contributed by atoms with Crippen LogP contribution in [0.3, 0.4) is 0 Å². The van der Waals surface area contributed by atoms with Crippen molar-refractivity contribution in [3.05, 3.63) is 28.8 Å². The monoisotopic (exact) mass is 649 g/mol. The summed E-state index contributed by atoms with van der Waals surface area (Å²) in [6, 6.07) is 4.26. The third-order valence-electron chi connectivity index (χ3n) is 8.77. The van der Waals surface area contributed by atoms with Gasteiger partial charge in [-0.3, -0.25) is 4.79 Å². The first-order valence-electron chi connectivity index (χ1n) is 18.9. The predicted octanol–water partition coefficient (Wildman–Crippen LogP) is 12.0. The van der Waals surface area contributed by atoms with E-state index in [9.17, 15) is 9.90 Å². The number of phenols is 1. The van der Waals surface area contributed by atoms with Gasteiger partial charge in [-0.1, -0.05) is 149 Å². The van der Waals surface area contributed by atoms with Gasteiger partial charge in [-0.25, -0.2) is 0 Å². The molecule has 0 spiro atoms. The Morgan fingerprint density at radius 3 is 1.78 bits per heavy atom. The van der Waals surface area contributed by atoms with Gasteiger partial charge in [0.05, 0.1) is 6.61 Å². The van der Waals surface area contributed by atoms with Crippen LogP contribution in [-0.4, -0.2) is 42.4 Å². The molecule has 1 aromatic carbocycles. The highest BCUT2D eigenvalue weighted by atomic mass is 32.2. The van der Waals surface area contributed by atoms with E-state index in [0.717, 1.165) is 68.0 Å². The molecule has 0 aliphatic carbocycles. The van der Waals surface area contributed by atoms with Gasteiger partial charge in [-0.2, -0.15) is 11.8 Å². The molecule has 1 aromatic rings. The standard InChI is InChI=1S/C40H72O4S/c1-6-7-8-9-10-11-12-13-14-15-16-17-18-19-22-25-28-43-29-31-45-32-30-44-38(41)27-24-21-20-23-26-36-33-35(2)39(42)37(34-36)40(3,4)5/h33-34,42H,6-32H2,1-5H3. The number of thioether (sulfide) groups is 1. The highest BCUT2D eigenvalue weighted by Gasteiger charge is 2.20. The number of hydrogen-bond acceptors (Lipinski definition) is 5. The maximum atomic E-state index is 12.0. The number of carbonyl (C=O) groups excluding carboxylic acids is 1. The van der Waals surface area contributed by atoms with Crippen LogP contribution in [0.25, 0.3) is 0 Å². The number of ether oxygens (including phenoxy) is 2. The lowest BCUT2D eigenvalue weighted by Crippen LogP contribution is -2.12. The zero-order chi connectivity index (χ0) is 33.0. The molecule has 0 aliphatic heterocycles. The minimum absolute atomic E-state index is 0.0670. The van der Waals surface area contributed by atoms with Gasteiger partial charge >= 0.3 is 5.97 Å². The van der Waals surface area contributed by atoms with E-state index in [4.69, 9.17) is 9.47 Å². The van der Waals surface area contributed by atoms with Crippen molar-refractivity contribution in [2.75, 3.05) is 31.3 Å². The molecule has 1 rings (SSSR count). The van der Waals surface area contributed by atoms with Crippen LogP contribution in [0.4, 0.5) is 0 Å². The Bertz CT molecular complexity index is 847. The molecule has 1 N–H and O–H groups in total. The molecule has 0 aliphatic rings. The fraction of sp³-hybridized carbons (Fsp3) is 0.825. The van der Waals surface area contributed by atoms with E-state index in [1.807, 2.05) is 6.92 Å². The van der Waals surface area contributed by atoms with Crippen molar-refractivity contribution in [2.24, 2.45) is 0 Å².